The minimum absolute atomic E-state index is 0.480. The SMILES string of the molecule is CCCCCCCCCOc1c(Cl)cc(N)cc1Cl. The Morgan fingerprint density at radius 3 is 2.05 bits per heavy atom. The normalized spacial score (nSPS) is 10.7. The van der Waals surface area contributed by atoms with Gasteiger partial charge in [0.2, 0.25) is 0 Å². The molecule has 0 atom stereocenters. The van der Waals surface area contributed by atoms with Crippen molar-refractivity contribution in [2.75, 3.05) is 12.3 Å². The van der Waals surface area contributed by atoms with Crippen LogP contribution in [0.15, 0.2) is 12.1 Å². The highest BCUT2D eigenvalue weighted by Gasteiger charge is 2.08. The summed E-state index contributed by atoms with van der Waals surface area (Å²) in [5.41, 5.74) is 6.19. The van der Waals surface area contributed by atoms with E-state index in [1.807, 2.05) is 0 Å². The molecule has 0 aliphatic carbocycles. The van der Waals surface area contributed by atoms with E-state index in [0.29, 0.717) is 28.1 Å². The summed E-state index contributed by atoms with van der Waals surface area (Å²) >= 11 is 12.1. The number of nitrogens with two attached hydrogens (primary N) is 1. The van der Waals surface area contributed by atoms with Crippen molar-refractivity contribution in [2.45, 2.75) is 51.9 Å². The third-order valence-electron chi connectivity index (χ3n) is 3.01. The fourth-order valence-corrected chi connectivity index (χ4v) is 2.56. The number of ether oxygens (including phenoxy) is 1. The molecular weight excluding hydrogens is 281 g/mol. The molecule has 0 saturated carbocycles. The summed E-state index contributed by atoms with van der Waals surface area (Å²) in [4.78, 5) is 0. The van der Waals surface area contributed by atoms with Gasteiger partial charge in [0.05, 0.1) is 16.7 Å². The average molecular weight is 304 g/mol. The molecule has 0 unspecified atom stereocenters. The number of hydrogen-bond acceptors (Lipinski definition) is 2. The maximum absolute atomic E-state index is 6.04. The topological polar surface area (TPSA) is 35.2 Å². The summed E-state index contributed by atoms with van der Waals surface area (Å²) in [5.74, 6) is 0.545. The number of hydrogen-bond donors (Lipinski definition) is 1. The van der Waals surface area contributed by atoms with E-state index in [4.69, 9.17) is 33.7 Å². The van der Waals surface area contributed by atoms with Gasteiger partial charge in [-0.2, -0.15) is 0 Å². The highest BCUT2D eigenvalue weighted by Crippen LogP contribution is 2.35. The van der Waals surface area contributed by atoms with E-state index >= 15 is 0 Å². The van der Waals surface area contributed by atoms with Gasteiger partial charge in [-0.1, -0.05) is 68.7 Å². The van der Waals surface area contributed by atoms with E-state index in [0.717, 1.165) is 6.42 Å². The molecule has 0 heterocycles. The Morgan fingerprint density at radius 2 is 1.47 bits per heavy atom. The van der Waals surface area contributed by atoms with Gasteiger partial charge in [-0.25, -0.2) is 0 Å². The maximum Gasteiger partial charge on any atom is 0.156 e. The van der Waals surface area contributed by atoms with Crippen molar-refractivity contribution in [3.05, 3.63) is 22.2 Å². The van der Waals surface area contributed by atoms with Gasteiger partial charge < -0.3 is 10.5 Å². The number of halogens is 2. The number of benzene rings is 1. The van der Waals surface area contributed by atoms with Crippen LogP contribution in [0, 0.1) is 0 Å². The first-order chi connectivity index (χ1) is 9.15. The predicted molar refractivity (Wildman–Crippen MR) is 84.4 cm³/mol. The lowest BCUT2D eigenvalue weighted by Crippen LogP contribution is -1.99. The molecule has 2 nitrogen and oxygen atoms in total. The minimum atomic E-state index is 0.480. The van der Waals surface area contributed by atoms with Crippen molar-refractivity contribution in [1.82, 2.24) is 0 Å². The standard InChI is InChI=1S/C15H23Cl2NO/c1-2-3-4-5-6-7-8-9-19-15-13(16)10-12(18)11-14(15)17/h10-11H,2-9,18H2,1H3. The molecule has 0 fully saturated rings. The maximum atomic E-state index is 6.04. The second kappa shape index (κ2) is 9.33. The van der Waals surface area contributed by atoms with Gasteiger partial charge in [0.25, 0.3) is 0 Å². The molecule has 1 rings (SSSR count). The van der Waals surface area contributed by atoms with Gasteiger partial charge >= 0.3 is 0 Å². The highest BCUT2D eigenvalue weighted by molar-refractivity contribution is 6.37. The third-order valence-corrected chi connectivity index (χ3v) is 3.58. The lowest BCUT2D eigenvalue weighted by Gasteiger charge is -2.10. The van der Waals surface area contributed by atoms with Gasteiger partial charge in [0.15, 0.2) is 5.75 Å². The van der Waals surface area contributed by atoms with Crippen LogP contribution in [0.5, 0.6) is 5.75 Å². The Labute approximate surface area is 126 Å². The first kappa shape index (κ1) is 16.5. The molecule has 0 spiro atoms. The van der Waals surface area contributed by atoms with Crippen molar-refractivity contribution in [1.29, 1.82) is 0 Å². The zero-order valence-corrected chi connectivity index (χ0v) is 13.1. The molecule has 19 heavy (non-hydrogen) atoms. The van der Waals surface area contributed by atoms with Crippen LogP contribution in [0.25, 0.3) is 0 Å². The summed E-state index contributed by atoms with van der Waals surface area (Å²) in [6, 6.07) is 3.32. The van der Waals surface area contributed by atoms with Gasteiger partial charge in [-0.05, 0) is 18.6 Å². The lowest BCUT2D eigenvalue weighted by atomic mass is 10.1. The molecule has 0 amide bonds. The molecule has 108 valence electrons. The second-order valence-electron chi connectivity index (χ2n) is 4.78. The quantitative estimate of drug-likeness (QED) is 0.469. The number of anilines is 1. The van der Waals surface area contributed by atoms with Crippen molar-refractivity contribution in [3.8, 4) is 5.75 Å². The van der Waals surface area contributed by atoms with E-state index in [-0.39, 0.29) is 0 Å². The molecule has 0 saturated heterocycles. The molecule has 0 radical (unpaired) electrons. The summed E-state index contributed by atoms with van der Waals surface area (Å²) in [5, 5.41) is 0.959. The van der Waals surface area contributed by atoms with Crippen LogP contribution >= 0.6 is 23.2 Å². The Kier molecular flexibility index (Phi) is 8.08. The second-order valence-corrected chi connectivity index (χ2v) is 5.60. The zero-order chi connectivity index (χ0) is 14.1. The zero-order valence-electron chi connectivity index (χ0n) is 11.6. The van der Waals surface area contributed by atoms with Crippen molar-refractivity contribution in [3.63, 3.8) is 0 Å². The number of nitrogen functional groups attached to an aromatic ring is 1. The summed E-state index contributed by atoms with van der Waals surface area (Å²) < 4.78 is 5.63. The number of rotatable bonds is 9. The van der Waals surface area contributed by atoms with Gasteiger partial charge in [-0.3, -0.25) is 0 Å². The molecular formula is C15H23Cl2NO. The summed E-state index contributed by atoms with van der Waals surface area (Å²) in [6.45, 7) is 2.88. The van der Waals surface area contributed by atoms with Gasteiger partial charge in [0.1, 0.15) is 0 Å². The molecule has 1 aromatic carbocycles. The van der Waals surface area contributed by atoms with Crippen LogP contribution in [-0.4, -0.2) is 6.61 Å². The van der Waals surface area contributed by atoms with E-state index in [1.165, 1.54) is 38.5 Å². The minimum Gasteiger partial charge on any atom is -0.490 e. The average Bonchev–Trinajstić information content (AvgIpc) is 2.35. The van der Waals surface area contributed by atoms with Crippen LogP contribution in [-0.2, 0) is 0 Å². The molecule has 0 bridgehead atoms. The Morgan fingerprint density at radius 1 is 0.947 bits per heavy atom. The largest absolute Gasteiger partial charge is 0.490 e. The Hall–Kier alpha value is -0.600. The van der Waals surface area contributed by atoms with Crippen molar-refractivity contribution >= 4 is 28.9 Å². The Balaban J connectivity index is 2.19. The van der Waals surface area contributed by atoms with Crippen LogP contribution in [0.2, 0.25) is 10.0 Å². The van der Waals surface area contributed by atoms with E-state index in [9.17, 15) is 0 Å². The predicted octanol–water partition coefficient (Wildman–Crippen LogP) is 5.71. The summed E-state index contributed by atoms with van der Waals surface area (Å²) in [6.07, 6.45) is 8.78. The summed E-state index contributed by atoms with van der Waals surface area (Å²) in [7, 11) is 0. The third kappa shape index (κ3) is 6.40. The fourth-order valence-electron chi connectivity index (χ4n) is 1.95. The highest BCUT2D eigenvalue weighted by atomic mass is 35.5. The molecule has 0 aliphatic heterocycles. The van der Waals surface area contributed by atoms with Crippen LogP contribution in [0.3, 0.4) is 0 Å². The van der Waals surface area contributed by atoms with E-state index in [1.54, 1.807) is 12.1 Å². The van der Waals surface area contributed by atoms with Gasteiger partial charge in [0, 0.05) is 5.69 Å². The molecule has 1 aromatic rings. The first-order valence-electron chi connectivity index (χ1n) is 7.02. The van der Waals surface area contributed by atoms with Crippen LogP contribution in [0.4, 0.5) is 5.69 Å². The van der Waals surface area contributed by atoms with Crippen LogP contribution in [0.1, 0.15) is 51.9 Å². The molecule has 4 heteroatoms. The van der Waals surface area contributed by atoms with Gasteiger partial charge in [-0.15, -0.1) is 0 Å². The van der Waals surface area contributed by atoms with E-state index in [2.05, 4.69) is 6.92 Å². The smallest absolute Gasteiger partial charge is 0.156 e. The fraction of sp³-hybridized carbons (Fsp3) is 0.600. The van der Waals surface area contributed by atoms with Crippen molar-refractivity contribution < 1.29 is 4.74 Å². The molecule has 2 N–H and O–H groups in total. The monoisotopic (exact) mass is 303 g/mol. The van der Waals surface area contributed by atoms with E-state index < -0.39 is 0 Å². The molecule has 0 aliphatic rings. The molecule has 0 aromatic heterocycles. The Bertz CT molecular complexity index is 359. The van der Waals surface area contributed by atoms with Crippen molar-refractivity contribution in [2.24, 2.45) is 0 Å². The first-order valence-corrected chi connectivity index (χ1v) is 7.78. The van der Waals surface area contributed by atoms with Crippen LogP contribution < -0.4 is 10.5 Å². The lowest BCUT2D eigenvalue weighted by molar-refractivity contribution is 0.304. The number of unbranched alkanes of at least 4 members (excludes halogenated alkanes) is 6.